The van der Waals surface area contributed by atoms with E-state index >= 15 is 0 Å². The minimum Gasteiger partial charge on any atom is -0.397 e. The number of rotatable bonds is 4. The molecule has 0 aromatic carbocycles. The number of hydrogen-bond acceptors (Lipinski definition) is 4. The Morgan fingerprint density at radius 3 is 2.68 bits per heavy atom. The number of hydrogen-bond donors (Lipinski definition) is 1. The first-order valence-corrected chi connectivity index (χ1v) is 6.51. The van der Waals surface area contributed by atoms with Crippen molar-refractivity contribution in [2.75, 3.05) is 5.73 Å². The zero-order valence-electron chi connectivity index (χ0n) is 10.9. The van der Waals surface area contributed by atoms with E-state index < -0.39 is 0 Å². The van der Waals surface area contributed by atoms with Crippen molar-refractivity contribution in [3.05, 3.63) is 39.0 Å². The highest BCUT2D eigenvalue weighted by atomic mass is 35.5. The second-order valence-corrected chi connectivity index (χ2v) is 4.54. The molecule has 19 heavy (non-hydrogen) atoms. The molecule has 0 bridgehead atoms. The van der Waals surface area contributed by atoms with Gasteiger partial charge in [0.25, 0.3) is 5.56 Å². The molecule has 0 aliphatic heterocycles. The molecular formula is C12H16ClN5O. The maximum absolute atomic E-state index is 11.8. The second kappa shape index (κ2) is 5.44. The summed E-state index contributed by atoms with van der Waals surface area (Å²) in [4.78, 5) is 11.8. The maximum atomic E-state index is 11.8. The number of anilines is 1. The molecule has 2 aromatic heterocycles. The van der Waals surface area contributed by atoms with E-state index in [1.807, 2.05) is 13.8 Å². The summed E-state index contributed by atoms with van der Waals surface area (Å²) in [6.45, 7) is 4.95. The van der Waals surface area contributed by atoms with Gasteiger partial charge in [0, 0.05) is 12.6 Å². The van der Waals surface area contributed by atoms with Gasteiger partial charge in [0.05, 0.1) is 34.8 Å². The van der Waals surface area contributed by atoms with Gasteiger partial charge in [-0.3, -0.25) is 9.48 Å². The maximum Gasteiger partial charge on any atom is 0.269 e. The highest BCUT2D eigenvalue weighted by Crippen LogP contribution is 2.21. The molecule has 0 unspecified atom stereocenters. The summed E-state index contributed by atoms with van der Waals surface area (Å²) in [5.41, 5.74) is 7.24. The van der Waals surface area contributed by atoms with Gasteiger partial charge in [-0.2, -0.15) is 10.2 Å². The van der Waals surface area contributed by atoms with E-state index in [-0.39, 0.29) is 5.56 Å². The zero-order valence-corrected chi connectivity index (χ0v) is 11.7. The van der Waals surface area contributed by atoms with Gasteiger partial charge in [-0.05, 0) is 13.3 Å². The molecule has 6 nitrogen and oxygen atoms in total. The predicted octanol–water partition coefficient (Wildman–Crippen LogP) is 1.31. The van der Waals surface area contributed by atoms with Crippen LogP contribution in [0.4, 0.5) is 5.69 Å². The van der Waals surface area contributed by atoms with Crippen molar-refractivity contribution in [1.82, 2.24) is 19.6 Å². The first-order valence-electron chi connectivity index (χ1n) is 6.13. The van der Waals surface area contributed by atoms with E-state index in [1.54, 1.807) is 4.68 Å². The van der Waals surface area contributed by atoms with Crippen molar-refractivity contribution in [2.45, 2.75) is 33.4 Å². The summed E-state index contributed by atoms with van der Waals surface area (Å²) in [5.74, 6) is 0. The van der Waals surface area contributed by atoms with Gasteiger partial charge in [-0.1, -0.05) is 18.5 Å². The molecule has 2 aromatic rings. The number of nitrogen functional groups attached to an aromatic ring is 1. The monoisotopic (exact) mass is 281 g/mol. The van der Waals surface area contributed by atoms with Crippen molar-refractivity contribution in [2.24, 2.45) is 0 Å². The van der Waals surface area contributed by atoms with Crippen LogP contribution < -0.4 is 11.3 Å². The molecule has 2 rings (SSSR count). The molecule has 0 amide bonds. The Hall–Kier alpha value is -1.82. The fraction of sp³-hybridized carbons (Fsp3) is 0.417. The van der Waals surface area contributed by atoms with Gasteiger partial charge in [-0.25, -0.2) is 4.68 Å². The van der Waals surface area contributed by atoms with Crippen LogP contribution in [0.2, 0.25) is 5.02 Å². The Balaban J connectivity index is 2.42. The van der Waals surface area contributed by atoms with Crippen LogP contribution in [0, 0.1) is 0 Å². The number of nitrogens with zero attached hydrogens (tertiary/aromatic N) is 4. The van der Waals surface area contributed by atoms with Crippen LogP contribution in [0.25, 0.3) is 0 Å². The number of aromatic nitrogens is 4. The average Bonchev–Trinajstić information content (AvgIpc) is 2.69. The minimum absolute atomic E-state index is 0.252. The van der Waals surface area contributed by atoms with Gasteiger partial charge in [-0.15, -0.1) is 0 Å². The lowest BCUT2D eigenvalue weighted by atomic mass is 10.3. The van der Waals surface area contributed by atoms with E-state index in [0.29, 0.717) is 23.8 Å². The van der Waals surface area contributed by atoms with Crippen LogP contribution in [0.15, 0.2) is 17.1 Å². The lowest BCUT2D eigenvalue weighted by Gasteiger charge is -2.07. The molecule has 0 saturated heterocycles. The summed E-state index contributed by atoms with van der Waals surface area (Å²) in [6, 6.07) is 1.34. The van der Waals surface area contributed by atoms with Crippen LogP contribution >= 0.6 is 11.6 Å². The Kier molecular flexibility index (Phi) is 3.90. The van der Waals surface area contributed by atoms with E-state index in [9.17, 15) is 4.79 Å². The molecule has 2 heterocycles. The van der Waals surface area contributed by atoms with Gasteiger partial charge >= 0.3 is 0 Å². The molecule has 0 saturated carbocycles. The summed E-state index contributed by atoms with van der Waals surface area (Å²) in [6.07, 6.45) is 2.20. The summed E-state index contributed by atoms with van der Waals surface area (Å²) in [5, 5.41) is 9.02. The van der Waals surface area contributed by atoms with Gasteiger partial charge in [0.15, 0.2) is 0 Å². The third-order valence-corrected chi connectivity index (χ3v) is 3.32. The lowest BCUT2D eigenvalue weighted by molar-refractivity contribution is 0.558. The van der Waals surface area contributed by atoms with Gasteiger partial charge in [0.2, 0.25) is 0 Å². The zero-order chi connectivity index (χ0) is 14.0. The first-order chi connectivity index (χ1) is 9.06. The Bertz CT molecular complexity index is 646. The van der Waals surface area contributed by atoms with Crippen molar-refractivity contribution in [3.8, 4) is 0 Å². The molecule has 0 atom stereocenters. The SMILES string of the molecule is CCc1nn(CC)c(Cn2ncc(N)cc2=O)c1Cl. The van der Waals surface area contributed by atoms with Crippen LogP contribution in [0.3, 0.4) is 0 Å². The van der Waals surface area contributed by atoms with Gasteiger partial charge in [0.1, 0.15) is 0 Å². The molecule has 0 aliphatic rings. The van der Waals surface area contributed by atoms with E-state index in [1.165, 1.54) is 16.9 Å². The Morgan fingerprint density at radius 2 is 2.11 bits per heavy atom. The number of aryl methyl sites for hydroxylation is 2. The minimum atomic E-state index is -0.252. The van der Waals surface area contributed by atoms with E-state index in [0.717, 1.165) is 17.8 Å². The van der Waals surface area contributed by atoms with Crippen LogP contribution in [0.1, 0.15) is 25.2 Å². The molecule has 0 aliphatic carbocycles. The summed E-state index contributed by atoms with van der Waals surface area (Å²) >= 11 is 6.29. The third kappa shape index (κ3) is 2.63. The van der Waals surface area contributed by atoms with Crippen molar-refractivity contribution in [3.63, 3.8) is 0 Å². The molecule has 0 spiro atoms. The predicted molar refractivity (Wildman–Crippen MR) is 74.3 cm³/mol. The number of nitrogens with two attached hydrogens (primary N) is 1. The summed E-state index contributed by atoms with van der Waals surface area (Å²) in [7, 11) is 0. The summed E-state index contributed by atoms with van der Waals surface area (Å²) < 4.78 is 3.12. The highest BCUT2D eigenvalue weighted by Gasteiger charge is 2.15. The van der Waals surface area contributed by atoms with Crippen molar-refractivity contribution < 1.29 is 0 Å². The Labute approximate surface area is 115 Å². The van der Waals surface area contributed by atoms with Crippen molar-refractivity contribution in [1.29, 1.82) is 0 Å². The fourth-order valence-electron chi connectivity index (χ4n) is 1.88. The molecule has 7 heteroatoms. The second-order valence-electron chi connectivity index (χ2n) is 4.16. The average molecular weight is 282 g/mol. The van der Waals surface area contributed by atoms with Gasteiger partial charge < -0.3 is 5.73 Å². The van der Waals surface area contributed by atoms with Crippen LogP contribution in [-0.2, 0) is 19.5 Å². The van der Waals surface area contributed by atoms with Crippen LogP contribution in [0.5, 0.6) is 0 Å². The Morgan fingerprint density at radius 1 is 1.37 bits per heavy atom. The van der Waals surface area contributed by atoms with Crippen LogP contribution in [-0.4, -0.2) is 19.6 Å². The molecular weight excluding hydrogens is 266 g/mol. The number of halogens is 1. The fourth-order valence-corrected chi connectivity index (χ4v) is 2.21. The third-order valence-electron chi connectivity index (χ3n) is 2.88. The highest BCUT2D eigenvalue weighted by molar-refractivity contribution is 6.31. The topological polar surface area (TPSA) is 78.7 Å². The van der Waals surface area contributed by atoms with E-state index in [4.69, 9.17) is 17.3 Å². The normalized spacial score (nSPS) is 10.9. The molecule has 2 N–H and O–H groups in total. The molecule has 102 valence electrons. The smallest absolute Gasteiger partial charge is 0.269 e. The quantitative estimate of drug-likeness (QED) is 0.916. The molecule has 0 fully saturated rings. The van der Waals surface area contributed by atoms with E-state index in [2.05, 4.69) is 10.2 Å². The van der Waals surface area contributed by atoms with Crippen molar-refractivity contribution >= 4 is 17.3 Å². The molecule has 0 radical (unpaired) electrons. The lowest BCUT2D eigenvalue weighted by Crippen LogP contribution is -2.24. The standard InChI is InChI=1S/C12H16ClN5O/c1-3-9-12(13)10(17(4-2)16-9)7-18-11(19)5-8(14)6-15-18/h5-6H,3-4,7,14H2,1-2H3. The first kappa shape index (κ1) is 13.6. The largest absolute Gasteiger partial charge is 0.397 e.